The second-order valence-corrected chi connectivity index (χ2v) is 9.74. The lowest BCUT2D eigenvalue weighted by Crippen LogP contribution is -2.49. The SMILES string of the molecule is O=C(c1ccccc1Cl)c1sc2cc(O)ccc2c1Oc1ccc(CN2CC(C(F)F)C2)cc1. The van der Waals surface area contributed by atoms with Crippen molar-refractivity contribution in [3.05, 3.63) is 87.8 Å². The Hall–Kier alpha value is -3.00. The molecule has 0 saturated carbocycles. The average Bonchev–Trinajstić information content (AvgIpc) is 3.14. The van der Waals surface area contributed by atoms with Crippen molar-refractivity contribution in [3.8, 4) is 17.2 Å². The van der Waals surface area contributed by atoms with Crippen molar-refractivity contribution < 1.29 is 23.4 Å². The summed E-state index contributed by atoms with van der Waals surface area (Å²) in [5.41, 5.74) is 1.37. The fourth-order valence-electron chi connectivity index (χ4n) is 4.02. The number of nitrogens with zero attached hydrogens (tertiary/aromatic N) is 1. The largest absolute Gasteiger partial charge is 0.508 e. The highest BCUT2D eigenvalue weighted by atomic mass is 35.5. The van der Waals surface area contributed by atoms with Crippen molar-refractivity contribution in [1.82, 2.24) is 4.90 Å². The molecule has 34 heavy (non-hydrogen) atoms. The Kier molecular flexibility index (Phi) is 6.25. The molecule has 4 nitrogen and oxygen atoms in total. The average molecular weight is 500 g/mol. The number of ether oxygens (including phenoxy) is 1. The van der Waals surface area contributed by atoms with Crippen molar-refractivity contribution in [2.75, 3.05) is 13.1 Å². The summed E-state index contributed by atoms with van der Waals surface area (Å²) in [5.74, 6) is 0.243. The van der Waals surface area contributed by atoms with Gasteiger partial charge in [-0.05, 0) is 48.0 Å². The molecule has 0 amide bonds. The van der Waals surface area contributed by atoms with Crippen LogP contribution in [-0.4, -0.2) is 35.3 Å². The summed E-state index contributed by atoms with van der Waals surface area (Å²) in [6, 6.07) is 19.1. The predicted molar refractivity (Wildman–Crippen MR) is 130 cm³/mol. The number of carbonyl (C=O) groups is 1. The van der Waals surface area contributed by atoms with Gasteiger partial charge in [-0.2, -0.15) is 0 Å². The molecule has 1 saturated heterocycles. The number of fused-ring (bicyclic) bond motifs is 1. The van der Waals surface area contributed by atoms with Crippen molar-refractivity contribution in [2.45, 2.75) is 13.0 Å². The number of hydrogen-bond acceptors (Lipinski definition) is 5. The van der Waals surface area contributed by atoms with Gasteiger partial charge in [0, 0.05) is 41.2 Å². The molecule has 0 unspecified atom stereocenters. The van der Waals surface area contributed by atoms with E-state index in [0.29, 0.717) is 56.7 Å². The van der Waals surface area contributed by atoms with Crippen molar-refractivity contribution >= 4 is 38.8 Å². The number of halogens is 3. The number of aromatic hydroxyl groups is 1. The summed E-state index contributed by atoms with van der Waals surface area (Å²) in [4.78, 5) is 15.7. The van der Waals surface area contributed by atoms with Crippen LogP contribution in [0.1, 0.15) is 20.8 Å². The molecule has 0 spiro atoms. The number of benzene rings is 3. The number of carbonyl (C=O) groups excluding carboxylic acids is 1. The monoisotopic (exact) mass is 499 g/mol. The van der Waals surface area contributed by atoms with Crippen LogP contribution in [-0.2, 0) is 6.54 Å². The molecule has 1 fully saturated rings. The van der Waals surface area contributed by atoms with Gasteiger partial charge in [0.15, 0.2) is 5.75 Å². The number of phenolic OH excluding ortho intramolecular Hbond substituents is 1. The van der Waals surface area contributed by atoms with Crippen molar-refractivity contribution in [2.24, 2.45) is 5.92 Å². The molecule has 174 valence electrons. The van der Waals surface area contributed by atoms with Crippen LogP contribution in [0.15, 0.2) is 66.7 Å². The lowest BCUT2D eigenvalue weighted by molar-refractivity contribution is -0.0279. The van der Waals surface area contributed by atoms with Crippen molar-refractivity contribution in [3.63, 3.8) is 0 Å². The predicted octanol–water partition coefficient (Wildman–Crippen LogP) is 6.98. The van der Waals surface area contributed by atoms with Gasteiger partial charge in [-0.25, -0.2) is 8.78 Å². The number of likely N-dealkylation sites (tertiary alicyclic amines) is 1. The minimum Gasteiger partial charge on any atom is -0.508 e. The Bertz CT molecular complexity index is 1350. The standard InChI is InChI=1S/C26H20ClF2NO3S/c27-21-4-2-1-3-19(21)23(32)25-24(20-10-7-17(31)11-22(20)34-25)33-18-8-5-15(6-9-18)12-30-13-16(14-30)26(28)29/h1-11,16,26,31H,12-14H2. The fraction of sp³-hybridized carbons (Fsp3) is 0.192. The molecule has 0 bridgehead atoms. The van der Waals surface area contributed by atoms with E-state index in [9.17, 15) is 18.7 Å². The Morgan fingerprint density at radius 1 is 1.12 bits per heavy atom. The zero-order valence-electron chi connectivity index (χ0n) is 17.9. The summed E-state index contributed by atoms with van der Waals surface area (Å²) >= 11 is 7.50. The molecule has 3 aromatic carbocycles. The van der Waals surface area contributed by atoms with Crippen LogP contribution >= 0.6 is 22.9 Å². The van der Waals surface area contributed by atoms with Gasteiger partial charge in [-0.15, -0.1) is 11.3 Å². The van der Waals surface area contributed by atoms with E-state index in [1.807, 2.05) is 17.0 Å². The highest BCUT2D eigenvalue weighted by Crippen LogP contribution is 2.43. The summed E-state index contributed by atoms with van der Waals surface area (Å²) in [5, 5.41) is 11.0. The number of thiophene rings is 1. The minimum atomic E-state index is -2.27. The molecule has 2 heterocycles. The third-order valence-electron chi connectivity index (χ3n) is 5.84. The van der Waals surface area contributed by atoms with Gasteiger partial charge in [-0.1, -0.05) is 35.9 Å². The maximum Gasteiger partial charge on any atom is 0.243 e. The molecule has 1 aliphatic heterocycles. The van der Waals surface area contributed by atoms with Gasteiger partial charge in [-0.3, -0.25) is 9.69 Å². The van der Waals surface area contributed by atoms with E-state index in [2.05, 4.69) is 0 Å². The lowest BCUT2D eigenvalue weighted by atomic mass is 10.00. The van der Waals surface area contributed by atoms with E-state index in [-0.39, 0.29) is 11.5 Å². The van der Waals surface area contributed by atoms with E-state index < -0.39 is 12.3 Å². The summed E-state index contributed by atoms with van der Waals surface area (Å²) in [6.07, 6.45) is -2.27. The zero-order chi connectivity index (χ0) is 23.8. The van der Waals surface area contributed by atoms with E-state index in [1.54, 1.807) is 54.6 Å². The van der Waals surface area contributed by atoms with E-state index >= 15 is 0 Å². The van der Waals surface area contributed by atoms with Crippen LogP contribution in [0.25, 0.3) is 10.1 Å². The van der Waals surface area contributed by atoms with Crippen LogP contribution in [0.5, 0.6) is 17.2 Å². The van der Waals surface area contributed by atoms with Crippen LogP contribution < -0.4 is 4.74 Å². The second kappa shape index (κ2) is 9.33. The highest BCUT2D eigenvalue weighted by Gasteiger charge is 2.33. The van der Waals surface area contributed by atoms with Crippen LogP contribution in [0, 0.1) is 5.92 Å². The first kappa shape index (κ1) is 22.8. The Labute approximate surface area is 204 Å². The van der Waals surface area contributed by atoms with E-state index in [4.69, 9.17) is 16.3 Å². The third kappa shape index (κ3) is 4.51. The topological polar surface area (TPSA) is 49.8 Å². The smallest absolute Gasteiger partial charge is 0.243 e. The zero-order valence-corrected chi connectivity index (χ0v) is 19.5. The number of alkyl halides is 2. The second-order valence-electron chi connectivity index (χ2n) is 8.28. The molecule has 8 heteroatoms. The Balaban J connectivity index is 1.41. The summed E-state index contributed by atoms with van der Waals surface area (Å²) in [6.45, 7) is 1.40. The maximum absolute atomic E-state index is 13.3. The molecule has 0 radical (unpaired) electrons. The van der Waals surface area contributed by atoms with E-state index in [0.717, 1.165) is 5.56 Å². The number of ketones is 1. The molecule has 4 aromatic rings. The molecule has 1 aliphatic rings. The molecular formula is C26H20ClF2NO3S. The first-order valence-electron chi connectivity index (χ1n) is 10.7. The normalized spacial score (nSPS) is 14.5. The van der Waals surface area contributed by atoms with Gasteiger partial charge in [0.2, 0.25) is 12.2 Å². The van der Waals surface area contributed by atoms with Gasteiger partial charge < -0.3 is 9.84 Å². The summed E-state index contributed by atoms with van der Waals surface area (Å²) < 4.78 is 32.3. The van der Waals surface area contributed by atoms with Crippen molar-refractivity contribution in [1.29, 1.82) is 0 Å². The Morgan fingerprint density at radius 2 is 1.85 bits per heavy atom. The van der Waals surface area contributed by atoms with Gasteiger partial charge in [0.1, 0.15) is 16.4 Å². The fourth-order valence-corrected chi connectivity index (χ4v) is 5.36. The number of hydrogen-bond donors (Lipinski definition) is 1. The number of rotatable bonds is 7. The van der Waals surface area contributed by atoms with Gasteiger partial charge in [0.05, 0.1) is 5.02 Å². The Morgan fingerprint density at radius 3 is 2.56 bits per heavy atom. The number of phenols is 1. The molecule has 1 aromatic heterocycles. The first-order chi connectivity index (χ1) is 16.4. The molecule has 5 rings (SSSR count). The first-order valence-corrected chi connectivity index (χ1v) is 11.9. The molecule has 1 N–H and O–H groups in total. The quantitative estimate of drug-likeness (QED) is 0.279. The molecule has 0 atom stereocenters. The van der Waals surface area contributed by atoms with E-state index in [1.165, 1.54) is 11.3 Å². The third-order valence-corrected chi connectivity index (χ3v) is 7.31. The lowest BCUT2D eigenvalue weighted by Gasteiger charge is -2.38. The van der Waals surface area contributed by atoms with Gasteiger partial charge in [0.25, 0.3) is 0 Å². The van der Waals surface area contributed by atoms with Crippen LogP contribution in [0.3, 0.4) is 0 Å². The maximum atomic E-state index is 13.3. The molecular weight excluding hydrogens is 480 g/mol. The van der Waals surface area contributed by atoms with Gasteiger partial charge >= 0.3 is 0 Å². The summed E-state index contributed by atoms with van der Waals surface area (Å²) in [7, 11) is 0. The minimum absolute atomic E-state index is 0.0986. The highest BCUT2D eigenvalue weighted by molar-refractivity contribution is 7.21. The molecule has 0 aliphatic carbocycles. The van der Waals surface area contributed by atoms with Crippen LogP contribution in [0.2, 0.25) is 5.02 Å². The van der Waals surface area contributed by atoms with Crippen LogP contribution in [0.4, 0.5) is 8.78 Å².